The molecule has 4 nitrogen and oxygen atoms in total. The van der Waals surface area contributed by atoms with E-state index in [-0.39, 0.29) is 5.82 Å². The summed E-state index contributed by atoms with van der Waals surface area (Å²) in [4.78, 5) is 4.34. The van der Waals surface area contributed by atoms with Gasteiger partial charge in [-0.15, -0.1) is 0 Å². The van der Waals surface area contributed by atoms with Crippen LogP contribution in [0, 0.1) is 5.82 Å². The molecule has 0 saturated heterocycles. The molecule has 3 aromatic rings. The highest BCUT2D eigenvalue weighted by atomic mass is 19.1. The van der Waals surface area contributed by atoms with Gasteiger partial charge in [0.1, 0.15) is 11.6 Å². The summed E-state index contributed by atoms with van der Waals surface area (Å²) in [5.74, 6) is 1.63. The number of methoxy groups -OCH3 is 1. The van der Waals surface area contributed by atoms with Crippen molar-refractivity contribution in [1.29, 1.82) is 0 Å². The number of ether oxygens (including phenoxy) is 1. The normalized spacial score (nSPS) is 10.6. The Bertz CT molecular complexity index is 753. The number of nitrogens with zero attached hydrogens (tertiary/aromatic N) is 2. The third-order valence-corrected chi connectivity index (χ3v) is 3.28. The minimum atomic E-state index is -0.268. The maximum absolute atomic E-state index is 13.1. The van der Waals surface area contributed by atoms with Crippen LogP contribution in [-0.4, -0.2) is 17.3 Å². The summed E-state index contributed by atoms with van der Waals surface area (Å²) >= 11 is 0. The first-order valence-corrected chi connectivity index (χ1v) is 6.92. The van der Waals surface area contributed by atoms with Crippen molar-refractivity contribution in [3.63, 3.8) is 0 Å². The van der Waals surface area contributed by atoms with Crippen LogP contribution in [-0.2, 0) is 12.8 Å². The van der Waals surface area contributed by atoms with Gasteiger partial charge in [0.25, 0.3) is 0 Å². The lowest BCUT2D eigenvalue weighted by Gasteiger charge is -2.00. The Balaban J connectivity index is 1.68. The van der Waals surface area contributed by atoms with Crippen LogP contribution in [0.25, 0.3) is 0 Å². The van der Waals surface area contributed by atoms with Crippen molar-refractivity contribution in [2.45, 2.75) is 12.8 Å². The van der Waals surface area contributed by atoms with Gasteiger partial charge >= 0.3 is 0 Å². The van der Waals surface area contributed by atoms with Gasteiger partial charge in [0, 0.05) is 6.42 Å². The molecule has 1 heterocycles. The van der Waals surface area contributed by atoms with E-state index in [0.29, 0.717) is 24.6 Å². The van der Waals surface area contributed by atoms with Crippen molar-refractivity contribution in [3.8, 4) is 5.75 Å². The number of halogens is 1. The first-order valence-electron chi connectivity index (χ1n) is 6.92. The van der Waals surface area contributed by atoms with E-state index in [1.54, 1.807) is 13.2 Å². The number of aromatic nitrogens is 2. The lowest BCUT2D eigenvalue weighted by atomic mass is 10.1. The average Bonchev–Trinajstić information content (AvgIpc) is 2.95. The quantitative estimate of drug-likeness (QED) is 0.724. The van der Waals surface area contributed by atoms with Crippen LogP contribution in [0.5, 0.6) is 5.75 Å². The van der Waals surface area contributed by atoms with E-state index in [2.05, 4.69) is 10.1 Å². The molecule has 112 valence electrons. The molecule has 3 rings (SSSR count). The highest BCUT2D eigenvalue weighted by molar-refractivity contribution is 5.28. The van der Waals surface area contributed by atoms with Crippen molar-refractivity contribution < 1.29 is 13.7 Å². The summed E-state index contributed by atoms with van der Waals surface area (Å²) in [6.07, 6.45) is 1.00. The molecule has 0 aliphatic rings. The Morgan fingerprint density at radius 1 is 1.05 bits per heavy atom. The molecule has 0 amide bonds. The van der Waals surface area contributed by atoms with Gasteiger partial charge in [-0.2, -0.15) is 4.98 Å². The molecule has 0 aliphatic carbocycles. The Hall–Kier alpha value is -2.69. The monoisotopic (exact) mass is 298 g/mol. The maximum Gasteiger partial charge on any atom is 0.231 e. The van der Waals surface area contributed by atoms with Crippen molar-refractivity contribution in [1.82, 2.24) is 10.1 Å². The number of hydrogen-bond acceptors (Lipinski definition) is 4. The van der Waals surface area contributed by atoms with Gasteiger partial charge in [-0.05, 0) is 35.4 Å². The molecule has 1 aromatic heterocycles. The topological polar surface area (TPSA) is 48.2 Å². The molecule has 22 heavy (non-hydrogen) atoms. The number of benzene rings is 2. The van der Waals surface area contributed by atoms with Gasteiger partial charge in [-0.25, -0.2) is 4.39 Å². The highest BCUT2D eigenvalue weighted by Gasteiger charge is 2.08. The predicted molar refractivity (Wildman–Crippen MR) is 79.3 cm³/mol. The molecule has 0 aliphatic heterocycles. The van der Waals surface area contributed by atoms with Crippen LogP contribution < -0.4 is 4.74 Å². The van der Waals surface area contributed by atoms with Gasteiger partial charge in [0.05, 0.1) is 13.5 Å². The Morgan fingerprint density at radius 3 is 2.59 bits per heavy atom. The van der Waals surface area contributed by atoms with E-state index in [0.717, 1.165) is 16.9 Å². The van der Waals surface area contributed by atoms with E-state index in [1.165, 1.54) is 12.1 Å². The van der Waals surface area contributed by atoms with Gasteiger partial charge in [-0.1, -0.05) is 29.4 Å². The molecule has 0 unspecified atom stereocenters. The van der Waals surface area contributed by atoms with E-state index in [1.807, 2.05) is 30.3 Å². The maximum atomic E-state index is 13.1. The number of rotatable bonds is 5. The molecule has 0 fully saturated rings. The summed E-state index contributed by atoms with van der Waals surface area (Å²) in [6.45, 7) is 0. The zero-order valence-corrected chi connectivity index (χ0v) is 12.1. The molecule has 0 saturated carbocycles. The Kier molecular flexibility index (Phi) is 4.14. The lowest BCUT2D eigenvalue weighted by molar-refractivity contribution is 0.380. The third kappa shape index (κ3) is 3.49. The summed E-state index contributed by atoms with van der Waals surface area (Å²) in [6, 6.07) is 14.1. The van der Waals surface area contributed by atoms with Gasteiger partial charge in [0.15, 0.2) is 5.82 Å². The molecular formula is C17H15FN2O2. The molecule has 0 bridgehead atoms. The fourth-order valence-corrected chi connectivity index (χ4v) is 2.18. The van der Waals surface area contributed by atoms with Crippen LogP contribution in [0.2, 0.25) is 0 Å². The van der Waals surface area contributed by atoms with E-state index in [9.17, 15) is 4.39 Å². The second kappa shape index (κ2) is 6.39. The molecule has 0 spiro atoms. The lowest BCUT2D eigenvalue weighted by Crippen LogP contribution is -1.93. The van der Waals surface area contributed by atoms with Crippen molar-refractivity contribution >= 4 is 0 Å². The molecular weight excluding hydrogens is 283 g/mol. The molecule has 0 atom stereocenters. The largest absolute Gasteiger partial charge is 0.497 e. The summed E-state index contributed by atoms with van der Waals surface area (Å²) in [7, 11) is 1.63. The van der Waals surface area contributed by atoms with Crippen molar-refractivity contribution in [2.24, 2.45) is 0 Å². The highest BCUT2D eigenvalue weighted by Crippen LogP contribution is 2.15. The van der Waals surface area contributed by atoms with Crippen LogP contribution in [0.15, 0.2) is 53.1 Å². The van der Waals surface area contributed by atoms with Crippen molar-refractivity contribution in [2.75, 3.05) is 7.11 Å². The van der Waals surface area contributed by atoms with E-state index >= 15 is 0 Å². The van der Waals surface area contributed by atoms with Gasteiger partial charge in [-0.3, -0.25) is 0 Å². The average molecular weight is 298 g/mol. The summed E-state index contributed by atoms with van der Waals surface area (Å²) < 4.78 is 23.5. The summed E-state index contributed by atoms with van der Waals surface area (Å²) in [5.41, 5.74) is 1.87. The summed E-state index contributed by atoms with van der Waals surface area (Å²) in [5, 5.41) is 3.96. The second-order valence-corrected chi connectivity index (χ2v) is 4.94. The van der Waals surface area contributed by atoms with Crippen molar-refractivity contribution in [3.05, 3.63) is 77.2 Å². The van der Waals surface area contributed by atoms with Gasteiger partial charge in [0.2, 0.25) is 5.89 Å². The van der Waals surface area contributed by atoms with Crippen LogP contribution in [0.4, 0.5) is 4.39 Å². The van der Waals surface area contributed by atoms with E-state index < -0.39 is 0 Å². The Labute approximate surface area is 127 Å². The first kappa shape index (κ1) is 14.3. The molecule has 0 N–H and O–H groups in total. The predicted octanol–water partition coefficient (Wildman–Crippen LogP) is 3.40. The zero-order chi connectivity index (χ0) is 15.4. The second-order valence-electron chi connectivity index (χ2n) is 4.94. The Morgan fingerprint density at radius 2 is 1.86 bits per heavy atom. The van der Waals surface area contributed by atoms with E-state index in [4.69, 9.17) is 9.26 Å². The SMILES string of the molecule is COc1ccc(Cc2noc(Cc3cccc(F)c3)n2)cc1. The molecule has 0 radical (unpaired) electrons. The van der Waals surface area contributed by atoms with Crippen LogP contribution in [0.3, 0.4) is 0 Å². The first-order chi connectivity index (χ1) is 10.7. The number of hydrogen-bond donors (Lipinski definition) is 0. The third-order valence-electron chi connectivity index (χ3n) is 3.28. The standard InChI is InChI=1S/C17H15FN2O2/c1-21-15-7-5-12(6-8-15)10-16-19-17(22-20-16)11-13-3-2-4-14(18)9-13/h2-9H,10-11H2,1H3. The fraction of sp³-hybridized carbons (Fsp3) is 0.176. The molecule has 5 heteroatoms. The minimum absolute atomic E-state index is 0.268. The molecule has 2 aromatic carbocycles. The fourth-order valence-electron chi connectivity index (χ4n) is 2.18. The zero-order valence-electron chi connectivity index (χ0n) is 12.1. The van der Waals surface area contributed by atoms with Crippen LogP contribution in [0.1, 0.15) is 22.8 Å². The van der Waals surface area contributed by atoms with Gasteiger partial charge < -0.3 is 9.26 Å². The van der Waals surface area contributed by atoms with Crippen LogP contribution >= 0.6 is 0 Å². The smallest absolute Gasteiger partial charge is 0.231 e. The minimum Gasteiger partial charge on any atom is -0.497 e.